The van der Waals surface area contributed by atoms with Crippen LogP contribution in [0.25, 0.3) is 0 Å². The van der Waals surface area contributed by atoms with E-state index in [9.17, 15) is 18.3 Å². The van der Waals surface area contributed by atoms with E-state index in [0.717, 1.165) is 0 Å². The largest absolute Gasteiger partial charge is 0.507 e. The second-order valence-electron chi connectivity index (χ2n) is 6.32. The second kappa shape index (κ2) is 7.08. The van der Waals surface area contributed by atoms with Crippen LogP contribution >= 0.6 is 0 Å². The number of phenolic OH excluding ortho intramolecular Hbond substituents is 1. The normalized spacial score (nSPS) is 16.5. The number of para-hydroxylation sites is 1. The lowest BCUT2D eigenvalue weighted by molar-refractivity contribution is 0.0921. The van der Waals surface area contributed by atoms with Crippen LogP contribution in [0.1, 0.15) is 34.7 Å². The summed E-state index contributed by atoms with van der Waals surface area (Å²) in [5.74, 6) is -0.170. The third-order valence-electron chi connectivity index (χ3n) is 4.50. The standard InChI is InChI=1S/C17H21N3O5S/c1-11-16(12(2)25-19-11)26(23,24)20-9-7-13(8-10-20)18-17(22)14-5-3-4-6-15(14)21/h3-6,13,21H,7-10H2,1-2H3,(H,18,22). The van der Waals surface area contributed by atoms with Crippen molar-refractivity contribution in [1.82, 2.24) is 14.8 Å². The van der Waals surface area contributed by atoms with Crippen LogP contribution in [0.4, 0.5) is 0 Å². The fraction of sp³-hybridized carbons (Fsp3) is 0.412. The Morgan fingerprint density at radius 3 is 2.50 bits per heavy atom. The Hall–Kier alpha value is -2.39. The average Bonchev–Trinajstić information content (AvgIpc) is 2.95. The molecule has 1 fully saturated rings. The van der Waals surface area contributed by atoms with Gasteiger partial charge in [-0.05, 0) is 38.8 Å². The molecule has 0 spiro atoms. The summed E-state index contributed by atoms with van der Waals surface area (Å²) in [5.41, 5.74) is 0.552. The molecule has 1 aromatic carbocycles. The topological polar surface area (TPSA) is 113 Å². The first-order chi connectivity index (χ1) is 12.3. The van der Waals surface area contributed by atoms with Gasteiger partial charge in [0, 0.05) is 19.1 Å². The minimum Gasteiger partial charge on any atom is -0.507 e. The molecule has 3 rings (SSSR count). The van der Waals surface area contributed by atoms with E-state index in [0.29, 0.717) is 18.5 Å². The number of benzene rings is 1. The highest BCUT2D eigenvalue weighted by Gasteiger charge is 2.34. The molecule has 2 heterocycles. The first-order valence-corrected chi connectivity index (χ1v) is 9.76. The van der Waals surface area contributed by atoms with Gasteiger partial charge in [-0.2, -0.15) is 4.31 Å². The maximum Gasteiger partial charge on any atom is 0.255 e. The monoisotopic (exact) mass is 379 g/mol. The molecule has 8 nitrogen and oxygen atoms in total. The maximum atomic E-state index is 12.8. The lowest BCUT2D eigenvalue weighted by Gasteiger charge is -2.31. The number of sulfonamides is 1. The third-order valence-corrected chi connectivity index (χ3v) is 6.65. The van der Waals surface area contributed by atoms with Crippen LogP contribution in [0.2, 0.25) is 0 Å². The summed E-state index contributed by atoms with van der Waals surface area (Å²) >= 11 is 0. The van der Waals surface area contributed by atoms with Gasteiger partial charge in [-0.15, -0.1) is 0 Å². The molecule has 140 valence electrons. The number of hydrogen-bond donors (Lipinski definition) is 2. The molecular formula is C17H21N3O5S. The molecule has 2 N–H and O–H groups in total. The van der Waals surface area contributed by atoms with Gasteiger partial charge in [-0.1, -0.05) is 17.3 Å². The van der Waals surface area contributed by atoms with Crippen LogP contribution in [0.15, 0.2) is 33.7 Å². The fourth-order valence-corrected chi connectivity index (χ4v) is 4.90. The van der Waals surface area contributed by atoms with Crippen molar-refractivity contribution in [3.05, 3.63) is 41.3 Å². The number of nitrogens with one attached hydrogen (secondary N) is 1. The van der Waals surface area contributed by atoms with Gasteiger partial charge in [0.15, 0.2) is 5.76 Å². The zero-order valence-electron chi connectivity index (χ0n) is 14.6. The van der Waals surface area contributed by atoms with Gasteiger partial charge in [-0.3, -0.25) is 4.79 Å². The van der Waals surface area contributed by atoms with Crippen molar-refractivity contribution in [2.45, 2.75) is 37.6 Å². The van der Waals surface area contributed by atoms with Gasteiger partial charge in [-0.25, -0.2) is 8.42 Å². The molecule has 2 aromatic rings. The molecule has 1 saturated heterocycles. The molecule has 0 unspecified atom stereocenters. The summed E-state index contributed by atoms with van der Waals surface area (Å²) in [6.45, 7) is 3.76. The predicted molar refractivity (Wildman–Crippen MR) is 93.3 cm³/mol. The van der Waals surface area contributed by atoms with Crippen molar-refractivity contribution in [1.29, 1.82) is 0 Å². The van der Waals surface area contributed by atoms with E-state index < -0.39 is 10.0 Å². The van der Waals surface area contributed by atoms with Crippen LogP contribution in [-0.4, -0.2) is 48.0 Å². The molecule has 1 aliphatic rings. The number of aryl methyl sites for hydroxylation is 2. The Bertz CT molecular complexity index is 895. The van der Waals surface area contributed by atoms with Gasteiger partial charge < -0.3 is 14.9 Å². The van der Waals surface area contributed by atoms with E-state index >= 15 is 0 Å². The number of aromatic hydroxyl groups is 1. The lowest BCUT2D eigenvalue weighted by Crippen LogP contribution is -2.46. The van der Waals surface area contributed by atoms with Crippen LogP contribution < -0.4 is 5.32 Å². The van der Waals surface area contributed by atoms with Gasteiger partial charge in [0.25, 0.3) is 5.91 Å². The number of carbonyl (C=O) groups is 1. The van der Waals surface area contributed by atoms with Gasteiger partial charge in [0.05, 0.1) is 5.56 Å². The molecule has 0 saturated carbocycles. The Labute approximate surface area is 151 Å². The van der Waals surface area contributed by atoms with Crippen LogP contribution in [0.3, 0.4) is 0 Å². The fourth-order valence-electron chi connectivity index (χ4n) is 3.14. The third kappa shape index (κ3) is 3.45. The Balaban J connectivity index is 1.64. The molecule has 1 aliphatic heterocycles. The highest BCUT2D eigenvalue weighted by molar-refractivity contribution is 7.89. The number of hydrogen-bond acceptors (Lipinski definition) is 6. The van der Waals surface area contributed by atoms with E-state index in [4.69, 9.17) is 4.52 Å². The van der Waals surface area contributed by atoms with Crippen molar-refractivity contribution in [2.24, 2.45) is 0 Å². The van der Waals surface area contributed by atoms with Crippen molar-refractivity contribution in [2.75, 3.05) is 13.1 Å². The highest BCUT2D eigenvalue weighted by Crippen LogP contribution is 2.26. The van der Waals surface area contributed by atoms with E-state index in [1.807, 2.05) is 0 Å². The molecule has 9 heteroatoms. The highest BCUT2D eigenvalue weighted by atomic mass is 32.2. The zero-order valence-corrected chi connectivity index (χ0v) is 15.4. The number of amides is 1. The number of rotatable bonds is 4. The van der Waals surface area contributed by atoms with Gasteiger partial charge >= 0.3 is 0 Å². The molecule has 1 aromatic heterocycles. The minimum absolute atomic E-state index is 0.0802. The van der Waals surface area contributed by atoms with Gasteiger partial charge in [0.1, 0.15) is 16.3 Å². The summed E-state index contributed by atoms with van der Waals surface area (Å²) < 4.78 is 31.9. The molecule has 26 heavy (non-hydrogen) atoms. The van der Waals surface area contributed by atoms with Crippen molar-refractivity contribution in [3.8, 4) is 5.75 Å². The number of phenols is 1. The molecule has 0 atom stereocenters. The van der Waals surface area contributed by atoms with Crippen molar-refractivity contribution >= 4 is 15.9 Å². The number of nitrogens with zero attached hydrogens (tertiary/aromatic N) is 2. The number of carbonyl (C=O) groups excluding carboxylic acids is 1. The van der Waals surface area contributed by atoms with E-state index in [1.54, 1.807) is 32.0 Å². The maximum absolute atomic E-state index is 12.8. The minimum atomic E-state index is -3.67. The number of aromatic nitrogens is 1. The van der Waals surface area contributed by atoms with Crippen LogP contribution in [0.5, 0.6) is 5.75 Å². The second-order valence-corrected chi connectivity index (χ2v) is 8.20. The molecular weight excluding hydrogens is 358 g/mol. The predicted octanol–water partition coefficient (Wildman–Crippen LogP) is 1.58. The SMILES string of the molecule is Cc1noc(C)c1S(=O)(=O)N1CCC(NC(=O)c2ccccc2O)CC1. The lowest BCUT2D eigenvalue weighted by atomic mass is 10.1. The summed E-state index contributed by atoms with van der Waals surface area (Å²) in [6, 6.07) is 6.16. The molecule has 1 amide bonds. The van der Waals surface area contributed by atoms with Crippen LogP contribution in [0, 0.1) is 13.8 Å². The summed E-state index contributed by atoms with van der Waals surface area (Å²) in [7, 11) is -3.67. The quantitative estimate of drug-likeness (QED) is 0.834. The van der Waals surface area contributed by atoms with E-state index in [-0.39, 0.29) is 47.0 Å². The zero-order chi connectivity index (χ0) is 18.9. The molecule has 0 aliphatic carbocycles. The molecule has 0 radical (unpaired) electrons. The first kappa shape index (κ1) is 18.4. The smallest absolute Gasteiger partial charge is 0.255 e. The Morgan fingerprint density at radius 2 is 1.92 bits per heavy atom. The van der Waals surface area contributed by atoms with Crippen molar-refractivity contribution in [3.63, 3.8) is 0 Å². The summed E-state index contributed by atoms with van der Waals surface area (Å²) in [6.07, 6.45) is 0.976. The molecule has 0 bridgehead atoms. The Kier molecular flexibility index (Phi) is 5.01. The van der Waals surface area contributed by atoms with Crippen molar-refractivity contribution < 1.29 is 22.8 Å². The van der Waals surface area contributed by atoms with Crippen LogP contribution in [-0.2, 0) is 10.0 Å². The van der Waals surface area contributed by atoms with E-state index in [2.05, 4.69) is 10.5 Å². The Morgan fingerprint density at radius 1 is 1.27 bits per heavy atom. The summed E-state index contributed by atoms with van der Waals surface area (Å²) in [4.78, 5) is 12.4. The average molecular weight is 379 g/mol. The van der Waals surface area contributed by atoms with E-state index in [1.165, 1.54) is 10.4 Å². The summed E-state index contributed by atoms with van der Waals surface area (Å²) in [5, 5.41) is 16.3. The number of piperidine rings is 1. The van der Waals surface area contributed by atoms with Gasteiger partial charge in [0.2, 0.25) is 10.0 Å². The first-order valence-electron chi connectivity index (χ1n) is 8.32.